The third kappa shape index (κ3) is 3.30. The number of allylic oxidation sites excluding steroid dienone is 1. The molecule has 1 saturated heterocycles. The molecule has 0 unspecified atom stereocenters. The number of carbonyl (C=O) groups is 1. The number of amides is 1. The van der Waals surface area contributed by atoms with Crippen LogP contribution >= 0.6 is 0 Å². The van der Waals surface area contributed by atoms with Crippen molar-refractivity contribution in [1.29, 1.82) is 0 Å². The van der Waals surface area contributed by atoms with E-state index in [1.807, 2.05) is 23.1 Å². The van der Waals surface area contributed by atoms with Crippen LogP contribution in [0.2, 0.25) is 0 Å². The van der Waals surface area contributed by atoms with E-state index in [0.29, 0.717) is 6.54 Å². The van der Waals surface area contributed by atoms with Gasteiger partial charge in [-0.25, -0.2) is 0 Å². The van der Waals surface area contributed by atoms with Gasteiger partial charge in [0.2, 0.25) is 5.91 Å². The van der Waals surface area contributed by atoms with Crippen molar-refractivity contribution in [2.45, 2.75) is 58.5 Å². The second-order valence-corrected chi connectivity index (χ2v) is 6.24. The van der Waals surface area contributed by atoms with Crippen LogP contribution in [-0.4, -0.2) is 16.3 Å². The zero-order valence-electron chi connectivity index (χ0n) is 12.9. The molecule has 0 saturated carbocycles. The van der Waals surface area contributed by atoms with Crippen molar-refractivity contribution < 1.29 is 4.79 Å². The fourth-order valence-electron chi connectivity index (χ4n) is 2.78. The van der Waals surface area contributed by atoms with E-state index in [1.165, 1.54) is 12.0 Å². The largest absolute Gasteiger partial charge is 0.329 e. The van der Waals surface area contributed by atoms with Crippen molar-refractivity contribution >= 4 is 5.91 Å². The zero-order chi connectivity index (χ0) is 14.6. The predicted octanol–water partition coefficient (Wildman–Crippen LogP) is 4.31. The van der Waals surface area contributed by atoms with Gasteiger partial charge in [0.15, 0.2) is 0 Å². The minimum atomic E-state index is -0.0784. The summed E-state index contributed by atoms with van der Waals surface area (Å²) in [6.07, 6.45) is 6.37. The lowest BCUT2D eigenvalue weighted by atomic mass is 9.98. The first kappa shape index (κ1) is 14.8. The quantitative estimate of drug-likeness (QED) is 0.577. The van der Waals surface area contributed by atoms with Crippen molar-refractivity contribution in [3.63, 3.8) is 0 Å². The fraction of sp³-hybridized carbons (Fsp3) is 0.500. The summed E-state index contributed by atoms with van der Waals surface area (Å²) in [5.74, 6) is 0.218. The maximum Gasteiger partial charge on any atom is 0.250 e. The molecular weight excluding hydrogens is 246 g/mol. The Bertz CT molecular complexity index is 487. The highest BCUT2D eigenvalue weighted by Crippen LogP contribution is 2.35. The van der Waals surface area contributed by atoms with E-state index < -0.39 is 0 Å². The number of rotatable bonds is 5. The van der Waals surface area contributed by atoms with Crippen molar-refractivity contribution in [2.24, 2.45) is 0 Å². The molecule has 0 N–H and O–H groups in total. The van der Waals surface area contributed by atoms with E-state index in [9.17, 15) is 4.79 Å². The van der Waals surface area contributed by atoms with Crippen molar-refractivity contribution in [3.8, 4) is 0 Å². The molecule has 1 aliphatic heterocycles. The minimum absolute atomic E-state index is 0.0784. The molecule has 20 heavy (non-hydrogen) atoms. The normalized spacial score (nSPS) is 19.9. The molecule has 0 radical (unpaired) electrons. The first-order valence-electron chi connectivity index (χ1n) is 7.59. The van der Waals surface area contributed by atoms with Gasteiger partial charge in [0.05, 0.1) is 0 Å². The lowest BCUT2D eigenvalue weighted by Crippen LogP contribution is -2.40. The second-order valence-electron chi connectivity index (χ2n) is 6.24. The standard InChI is InChI=1S/C18H25NO/c1-4-5-7-12-16-13-18(2,3)19(17(16)20)14-15-10-8-6-9-11-15/h6,8-12H,4-5,7,13-14H2,1-3H3/b16-12+. The zero-order valence-corrected chi connectivity index (χ0v) is 12.9. The molecule has 1 aromatic carbocycles. The Balaban J connectivity index is 2.12. The van der Waals surface area contributed by atoms with Gasteiger partial charge in [-0.05, 0) is 25.8 Å². The summed E-state index contributed by atoms with van der Waals surface area (Å²) in [7, 11) is 0. The molecule has 0 aliphatic carbocycles. The smallest absolute Gasteiger partial charge is 0.250 e. The molecular formula is C18H25NO. The highest BCUT2D eigenvalue weighted by molar-refractivity contribution is 5.96. The Hall–Kier alpha value is -1.57. The van der Waals surface area contributed by atoms with Crippen LogP contribution < -0.4 is 0 Å². The summed E-state index contributed by atoms with van der Waals surface area (Å²) < 4.78 is 0. The maximum atomic E-state index is 12.6. The van der Waals surface area contributed by atoms with Crippen LogP contribution in [0.5, 0.6) is 0 Å². The number of benzene rings is 1. The van der Waals surface area contributed by atoms with E-state index in [2.05, 4.69) is 39.0 Å². The minimum Gasteiger partial charge on any atom is -0.329 e. The van der Waals surface area contributed by atoms with Gasteiger partial charge in [-0.2, -0.15) is 0 Å². The molecule has 1 aliphatic rings. The van der Waals surface area contributed by atoms with Gasteiger partial charge in [0, 0.05) is 24.1 Å². The van der Waals surface area contributed by atoms with E-state index >= 15 is 0 Å². The topological polar surface area (TPSA) is 20.3 Å². The highest BCUT2D eigenvalue weighted by Gasteiger charge is 2.40. The average Bonchev–Trinajstić information content (AvgIpc) is 2.64. The Morgan fingerprint density at radius 3 is 2.60 bits per heavy atom. The lowest BCUT2D eigenvalue weighted by Gasteiger charge is -2.31. The van der Waals surface area contributed by atoms with Gasteiger partial charge >= 0.3 is 0 Å². The van der Waals surface area contributed by atoms with Crippen LogP contribution in [0, 0.1) is 0 Å². The molecule has 0 bridgehead atoms. The van der Waals surface area contributed by atoms with Crippen LogP contribution in [0.3, 0.4) is 0 Å². The SMILES string of the molecule is CCCC/C=C1\CC(C)(C)N(Cc2ccccc2)C1=O. The molecule has 1 amide bonds. The van der Waals surface area contributed by atoms with Crippen LogP contribution in [0.4, 0.5) is 0 Å². The monoisotopic (exact) mass is 271 g/mol. The van der Waals surface area contributed by atoms with Crippen molar-refractivity contribution in [3.05, 3.63) is 47.5 Å². The number of carbonyl (C=O) groups excluding carboxylic acids is 1. The molecule has 2 rings (SSSR count). The summed E-state index contributed by atoms with van der Waals surface area (Å²) in [5.41, 5.74) is 2.12. The Morgan fingerprint density at radius 1 is 1.25 bits per heavy atom. The molecule has 0 spiro atoms. The molecule has 1 aromatic rings. The maximum absolute atomic E-state index is 12.6. The van der Waals surface area contributed by atoms with Gasteiger partial charge in [0.1, 0.15) is 0 Å². The highest BCUT2D eigenvalue weighted by atomic mass is 16.2. The van der Waals surface area contributed by atoms with Crippen molar-refractivity contribution in [2.75, 3.05) is 0 Å². The summed E-state index contributed by atoms with van der Waals surface area (Å²) in [6, 6.07) is 10.2. The van der Waals surface area contributed by atoms with E-state index in [4.69, 9.17) is 0 Å². The lowest BCUT2D eigenvalue weighted by molar-refractivity contribution is -0.128. The van der Waals surface area contributed by atoms with E-state index in [-0.39, 0.29) is 11.4 Å². The fourth-order valence-corrected chi connectivity index (χ4v) is 2.78. The summed E-state index contributed by atoms with van der Waals surface area (Å²) in [4.78, 5) is 14.6. The molecule has 1 fully saturated rings. The third-order valence-electron chi connectivity index (χ3n) is 4.01. The van der Waals surface area contributed by atoms with Gasteiger partial charge in [0.25, 0.3) is 0 Å². The summed E-state index contributed by atoms with van der Waals surface area (Å²) in [5, 5.41) is 0. The first-order chi connectivity index (χ1) is 9.54. The summed E-state index contributed by atoms with van der Waals surface area (Å²) >= 11 is 0. The number of nitrogens with zero attached hydrogens (tertiary/aromatic N) is 1. The molecule has 2 nitrogen and oxygen atoms in total. The molecule has 0 atom stereocenters. The molecule has 108 valence electrons. The molecule has 1 heterocycles. The van der Waals surface area contributed by atoms with Crippen LogP contribution in [0.1, 0.15) is 52.0 Å². The number of unbranched alkanes of at least 4 members (excludes halogenated alkanes) is 2. The van der Waals surface area contributed by atoms with Crippen molar-refractivity contribution in [1.82, 2.24) is 4.90 Å². The van der Waals surface area contributed by atoms with Gasteiger partial charge in [-0.3, -0.25) is 4.79 Å². The van der Waals surface area contributed by atoms with Gasteiger partial charge in [-0.15, -0.1) is 0 Å². The van der Waals surface area contributed by atoms with Crippen LogP contribution in [-0.2, 0) is 11.3 Å². The van der Waals surface area contributed by atoms with E-state index in [0.717, 1.165) is 24.8 Å². The summed E-state index contributed by atoms with van der Waals surface area (Å²) in [6.45, 7) is 7.21. The second kappa shape index (κ2) is 6.25. The van der Waals surface area contributed by atoms with Gasteiger partial charge in [-0.1, -0.05) is 56.2 Å². The molecule has 0 aromatic heterocycles. The Kier molecular flexibility index (Phi) is 4.64. The number of hydrogen-bond donors (Lipinski definition) is 0. The number of likely N-dealkylation sites (tertiary alicyclic amines) is 1. The van der Waals surface area contributed by atoms with E-state index in [1.54, 1.807) is 0 Å². The first-order valence-corrected chi connectivity index (χ1v) is 7.59. The third-order valence-corrected chi connectivity index (χ3v) is 4.01. The average molecular weight is 271 g/mol. The van der Waals surface area contributed by atoms with Crippen LogP contribution in [0.25, 0.3) is 0 Å². The van der Waals surface area contributed by atoms with Crippen LogP contribution in [0.15, 0.2) is 42.0 Å². The Morgan fingerprint density at radius 2 is 1.95 bits per heavy atom. The molecule has 2 heteroatoms. The predicted molar refractivity (Wildman–Crippen MR) is 83.3 cm³/mol. The van der Waals surface area contributed by atoms with Gasteiger partial charge < -0.3 is 4.90 Å². The Labute approximate surface area is 122 Å². The number of hydrogen-bond acceptors (Lipinski definition) is 1.